The zero-order chi connectivity index (χ0) is 20.7. The van der Waals surface area contributed by atoms with Crippen molar-refractivity contribution in [1.82, 2.24) is 0 Å². The molecule has 0 aliphatic carbocycles. The molecule has 148 valence electrons. The first-order chi connectivity index (χ1) is 13.4. The molecular formula is C20H20ClNO6. The van der Waals surface area contributed by atoms with Crippen LogP contribution in [0.4, 0.5) is 5.69 Å². The van der Waals surface area contributed by atoms with Crippen LogP contribution in [0.2, 0.25) is 5.02 Å². The number of hydrogen-bond donors (Lipinski definition) is 1. The molecule has 0 heterocycles. The second kappa shape index (κ2) is 9.75. The molecule has 0 aliphatic rings. The van der Waals surface area contributed by atoms with Crippen LogP contribution in [0.3, 0.4) is 0 Å². The van der Waals surface area contributed by atoms with Gasteiger partial charge in [0.05, 0.1) is 31.0 Å². The van der Waals surface area contributed by atoms with Gasteiger partial charge in [0.25, 0.3) is 5.91 Å². The average Bonchev–Trinajstić information content (AvgIpc) is 2.70. The van der Waals surface area contributed by atoms with E-state index in [2.05, 4.69) is 10.1 Å². The van der Waals surface area contributed by atoms with Crippen LogP contribution in [-0.2, 0) is 14.3 Å². The molecule has 2 aromatic carbocycles. The van der Waals surface area contributed by atoms with Gasteiger partial charge >= 0.3 is 11.9 Å². The van der Waals surface area contributed by atoms with Gasteiger partial charge in [0, 0.05) is 5.02 Å². The van der Waals surface area contributed by atoms with E-state index in [0.717, 1.165) is 0 Å². The number of halogens is 1. The van der Waals surface area contributed by atoms with Gasteiger partial charge < -0.3 is 19.5 Å². The van der Waals surface area contributed by atoms with Crippen LogP contribution < -0.4 is 10.1 Å². The van der Waals surface area contributed by atoms with E-state index < -0.39 is 23.9 Å². The van der Waals surface area contributed by atoms with Crippen molar-refractivity contribution >= 4 is 35.1 Å². The van der Waals surface area contributed by atoms with E-state index in [1.54, 1.807) is 31.2 Å². The number of ether oxygens (including phenoxy) is 3. The van der Waals surface area contributed by atoms with Crippen LogP contribution in [0.15, 0.2) is 42.5 Å². The number of esters is 2. The molecule has 0 saturated carbocycles. The second-order valence-electron chi connectivity index (χ2n) is 5.70. The van der Waals surface area contributed by atoms with Crippen LogP contribution in [0, 0.1) is 0 Å². The molecule has 0 radical (unpaired) electrons. The van der Waals surface area contributed by atoms with Gasteiger partial charge in [0.2, 0.25) is 0 Å². The molecule has 28 heavy (non-hydrogen) atoms. The molecule has 1 atom stereocenters. The third kappa shape index (κ3) is 5.23. The maximum Gasteiger partial charge on any atom is 0.339 e. The summed E-state index contributed by atoms with van der Waals surface area (Å²) in [7, 11) is 2.46. The van der Waals surface area contributed by atoms with Crippen molar-refractivity contribution in [2.45, 2.75) is 19.4 Å². The van der Waals surface area contributed by atoms with E-state index in [1.165, 1.54) is 32.4 Å². The highest BCUT2D eigenvalue weighted by Crippen LogP contribution is 2.22. The van der Waals surface area contributed by atoms with Crippen LogP contribution in [-0.4, -0.2) is 38.2 Å². The SMILES string of the molecule is CC[C@@H](Oc1cccc(Cl)c1)C(=O)Nc1cc(C(=O)OC)ccc1C(=O)OC. The molecule has 1 N–H and O–H groups in total. The molecule has 0 fully saturated rings. The molecule has 2 rings (SSSR count). The maximum absolute atomic E-state index is 12.7. The van der Waals surface area contributed by atoms with Gasteiger partial charge in [-0.05, 0) is 42.8 Å². The van der Waals surface area contributed by atoms with Gasteiger partial charge in [0.1, 0.15) is 5.75 Å². The van der Waals surface area contributed by atoms with E-state index in [4.69, 9.17) is 21.1 Å². The summed E-state index contributed by atoms with van der Waals surface area (Å²) in [6.45, 7) is 1.78. The highest BCUT2D eigenvalue weighted by molar-refractivity contribution is 6.30. The topological polar surface area (TPSA) is 90.9 Å². The van der Waals surface area contributed by atoms with E-state index in [1.807, 2.05) is 0 Å². The third-order valence-electron chi connectivity index (χ3n) is 3.84. The minimum absolute atomic E-state index is 0.0983. The number of carbonyl (C=O) groups is 3. The lowest BCUT2D eigenvalue weighted by Gasteiger charge is -2.18. The van der Waals surface area contributed by atoms with Crippen molar-refractivity contribution in [2.24, 2.45) is 0 Å². The van der Waals surface area contributed by atoms with Gasteiger partial charge in [-0.3, -0.25) is 4.79 Å². The summed E-state index contributed by atoms with van der Waals surface area (Å²) in [6.07, 6.45) is -0.478. The summed E-state index contributed by atoms with van der Waals surface area (Å²) in [5.41, 5.74) is 0.392. The zero-order valence-corrected chi connectivity index (χ0v) is 16.4. The highest BCUT2D eigenvalue weighted by Gasteiger charge is 2.22. The Morgan fingerprint density at radius 1 is 1.04 bits per heavy atom. The van der Waals surface area contributed by atoms with Crippen molar-refractivity contribution in [3.63, 3.8) is 0 Å². The zero-order valence-electron chi connectivity index (χ0n) is 15.7. The van der Waals surface area contributed by atoms with E-state index in [9.17, 15) is 14.4 Å². The summed E-state index contributed by atoms with van der Waals surface area (Å²) in [4.78, 5) is 36.5. The number of benzene rings is 2. The van der Waals surface area contributed by atoms with Gasteiger partial charge in [-0.25, -0.2) is 9.59 Å². The average molecular weight is 406 g/mol. The normalized spacial score (nSPS) is 11.3. The number of anilines is 1. The van der Waals surface area contributed by atoms with E-state index >= 15 is 0 Å². The minimum atomic E-state index is -0.842. The molecule has 7 nitrogen and oxygen atoms in total. The Hall–Kier alpha value is -3.06. The summed E-state index contributed by atoms with van der Waals surface area (Å²) in [5.74, 6) is -1.31. The fourth-order valence-electron chi connectivity index (χ4n) is 2.42. The standard InChI is InChI=1S/C20H20ClNO6/c1-4-17(28-14-7-5-6-13(21)11-14)18(23)22-16-10-12(19(24)26-2)8-9-15(16)20(25)27-3/h5-11,17H,4H2,1-3H3,(H,22,23)/t17-/m1/s1. The summed E-state index contributed by atoms with van der Waals surface area (Å²) in [6, 6.07) is 10.8. The fraction of sp³-hybridized carbons (Fsp3) is 0.250. The predicted octanol–water partition coefficient (Wildman–Crippen LogP) is 3.71. The van der Waals surface area contributed by atoms with E-state index in [0.29, 0.717) is 17.2 Å². The van der Waals surface area contributed by atoms with Crippen LogP contribution >= 0.6 is 11.6 Å². The number of hydrogen-bond acceptors (Lipinski definition) is 6. The van der Waals surface area contributed by atoms with Crippen LogP contribution in [0.25, 0.3) is 0 Å². The van der Waals surface area contributed by atoms with E-state index in [-0.39, 0.29) is 16.8 Å². The first kappa shape index (κ1) is 21.2. The van der Waals surface area contributed by atoms with Crippen molar-refractivity contribution in [1.29, 1.82) is 0 Å². The molecule has 0 unspecified atom stereocenters. The lowest BCUT2D eigenvalue weighted by atomic mass is 10.1. The maximum atomic E-state index is 12.7. The monoisotopic (exact) mass is 405 g/mol. The number of rotatable bonds is 7. The number of nitrogens with one attached hydrogen (secondary N) is 1. The van der Waals surface area contributed by atoms with Gasteiger partial charge in [-0.1, -0.05) is 24.6 Å². The summed E-state index contributed by atoms with van der Waals surface area (Å²) >= 11 is 5.94. The Kier molecular flexibility index (Phi) is 7.40. The number of methoxy groups -OCH3 is 2. The van der Waals surface area contributed by atoms with Gasteiger partial charge in [-0.2, -0.15) is 0 Å². The Balaban J connectivity index is 2.28. The van der Waals surface area contributed by atoms with Crippen molar-refractivity contribution in [3.8, 4) is 5.75 Å². The summed E-state index contributed by atoms with van der Waals surface area (Å²) in [5, 5.41) is 3.10. The van der Waals surface area contributed by atoms with Crippen LogP contribution in [0.5, 0.6) is 5.75 Å². The molecule has 8 heteroatoms. The molecular weight excluding hydrogens is 386 g/mol. The van der Waals surface area contributed by atoms with Crippen molar-refractivity contribution < 1.29 is 28.6 Å². The molecule has 0 bridgehead atoms. The van der Waals surface area contributed by atoms with Crippen molar-refractivity contribution in [2.75, 3.05) is 19.5 Å². The smallest absolute Gasteiger partial charge is 0.339 e. The Labute approximate surface area is 167 Å². The summed E-state index contributed by atoms with van der Waals surface area (Å²) < 4.78 is 15.1. The highest BCUT2D eigenvalue weighted by atomic mass is 35.5. The Bertz CT molecular complexity index is 883. The first-order valence-electron chi connectivity index (χ1n) is 8.43. The minimum Gasteiger partial charge on any atom is -0.481 e. The fourth-order valence-corrected chi connectivity index (χ4v) is 2.60. The lowest BCUT2D eigenvalue weighted by Crippen LogP contribution is -2.33. The molecule has 0 aromatic heterocycles. The largest absolute Gasteiger partial charge is 0.481 e. The first-order valence-corrected chi connectivity index (χ1v) is 8.81. The molecule has 0 saturated heterocycles. The molecule has 1 amide bonds. The molecule has 0 aliphatic heterocycles. The quantitative estimate of drug-likeness (QED) is 0.706. The predicted molar refractivity (Wildman–Crippen MR) is 104 cm³/mol. The van der Waals surface area contributed by atoms with Crippen LogP contribution in [0.1, 0.15) is 34.1 Å². The third-order valence-corrected chi connectivity index (χ3v) is 4.08. The number of amides is 1. The second-order valence-corrected chi connectivity index (χ2v) is 6.14. The molecule has 0 spiro atoms. The van der Waals surface area contributed by atoms with Crippen molar-refractivity contribution in [3.05, 3.63) is 58.6 Å². The Morgan fingerprint density at radius 3 is 2.36 bits per heavy atom. The lowest BCUT2D eigenvalue weighted by molar-refractivity contribution is -0.122. The van der Waals surface area contributed by atoms with Gasteiger partial charge in [-0.15, -0.1) is 0 Å². The number of carbonyl (C=O) groups excluding carboxylic acids is 3. The molecule has 2 aromatic rings. The van der Waals surface area contributed by atoms with Gasteiger partial charge in [0.15, 0.2) is 6.10 Å². The Morgan fingerprint density at radius 2 is 1.75 bits per heavy atom.